The third-order valence-corrected chi connectivity index (χ3v) is 3.35. The molecule has 122 valence electrons. The van der Waals surface area contributed by atoms with Gasteiger partial charge in [-0.2, -0.15) is 10.1 Å². The van der Waals surface area contributed by atoms with Gasteiger partial charge in [0.15, 0.2) is 5.82 Å². The summed E-state index contributed by atoms with van der Waals surface area (Å²) in [6.45, 7) is 2.59. The number of pyridine rings is 1. The number of ether oxygens (including phenoxy) is 1. The number of benzene rings is 1. The summed E-state index contributed by atoms with van der Waals surface area (Å²) in [6.07, 6.45) is 5.10. The lowest BCUT2D eigenvalue weighted by Gasteiger charge is -2.11. The molecule has 24 heavy (non-hydrogen) atoms. The first kappa shape index (κ1) is 15.7. The van der Waals surface area contributed by atoms with E-state index >= 15 is 0 Å². The van der Waals surface area contributed by atoms with Crippen LogP contribution < -0.4 is 15.4 Å². The molecule has 0 amide bonds. The molecule has 7 nitrogen and oxygen atoms in total. The van der Waals surface area contributed by atoms with Crippen molar-refractivity contribution in [2.45, 2.75) is 13.5 Å². The molecule has 0 spiro atoms. The lowest BCUT2D eigenvalue weighted by molar-refractivity contribution is 0.416. The van der Waals surface area contributed by atoms with Crippen LogP contribution in [0.2, 0.25) is 0 Å². The summed E-state index contributed by atoms with van der Waals surface area (Å²) in [5, 5.41) is 14.3. The van der Waals surface area contributed by atoms with E-state index in [4.69, 9.17) is 4.74 Å². The van der Waals surface area contributed by atoms with Gasteiger partial charge in [0.2, 0.25) is 5.95 Å². The first-order chi connectivity index (χ1) is 11.7. The lowest BCUT2D eigenvalue weighted by Crippen LogP contribution is -2.06. The van der Waals surface area contributed by atoms with Crippen molar-refractivity contribution < 1.29 is 4.74 Å². The van der Waals surface area contributed by atoms with Gasteiger partial charge in [-0.15, -0.1) is 5.10 Å². The fraction of sp³-hybridized carbons (Fsp3) is 0.176. The summed E-state index contributed by atoms with van der Waals surface area (Å²) in [6, 6.07) is 9.76. The maximum Gasteiger partial charge on any atom is 0.244 e. The van der Waals surface area contributed by atoms with Crippen molar-refractivity contribution in [2.75, 3.05) is 17.7 Å². The molecule has 0 radical (unpaired) electrons. The van der Waals surface area contributed by atoms with Crippen LogP contribution in [0.3, 0.4) is 0 Å². The van der Waals surface area contributed by atoms with Crippen LogP contribution in [0.4, 0.5) is 17.5 Å². The molecule has 0 saturated heterocycles. The molecule has 3 rings (SSSR count). The summed E-state index contributed by atoms with van der Waals surface area (Å²) in [5.41, 5.74) is 2.99. The van der Waals surface area contributed by atoms with Crippen molar-refractivity contribution in [3.05, 3.63) is 60.0 Å². The topological polar surface area (TPSA) is 84.9 Å². The molecule has 2 aromatic heterocycles. The van der Waals surface area contributed by atoms with Crippen molar-refractivity contribution in [1.29, 1.82) is 0 Å². The number of methoxy groups -OCH3 is 1. The number of aromatic nitrogens is 4. The quantitative estimate of drug-likeness (QED) is 0.721. The van der Waals surface area contributed by atoms with Crippen LogP contribution in [0.5, 0.6) is 5.75 Å². The molecule has 2 heterocycles. The summed E-state index contributed by atoms with van der Waals surface area (Å²) in [4.78, 5) is 8.49. The largest absolute Gasteiger partial charge is 0.495 e. The van der Waals surface area contributed by atoms with E-state index in [9.17, 15) is 0 Å². The minimum atomic E-state index is 0.440. The number of nitrogens with zero attached hydrogens (tertiary/aromatic N) is 4. The Hall–Kier alpha value is -3.22. The number of hydrogen-bond donors (Lipinski definition) is 2. The van der Waals surface area contributed by atoms with Gasteiger partial charge in [0.25, 0.3) is 0 Å². The highest BCUT2D eigenvalue weighted by Gasteiger charge is 2.06. The van der Waals surface area contributed by atoms with Crippen molar-refractivity contribution >= 4 is 17.5 Å². The Balaban J connectivity index is 1.72. The summed E-state index contributed by atoms with van der Waals surface area (Å²) in [7, 11) is 1.63. The molecule has 0 bridgehead atoms. The summed E-state index contributed by atoms with van der Waals surface area (Å²) in [5.74, 6) is 1.77. The van der Waals surface area contributed by atoms with Crippen molar-refractivity contribution in [1.82, 2.24) is 20.2 Å². The normalized spacial score (nSPS) is 10.2. The third-order valence-electron chi connectivity index (χ3n) is 3.35. The SMILES string of the molecule is COc1ccc(C)cc1Nc1cnnc(NCc2cccnc2)n1. The van der Waals surface area contributed by atoms with Crippen LogP contribution in [0.1, 0.15) is 11.1 Å². The van der Waals surface area contributed by atoms with Crippen LogP contribution in [-0.2, 0) is 6.54 Å². The third kappa shape index (κ3) is 3.95. The van der Waals surface area contributed by atoms with Gasteiger partial charge in [0.1, 0.15) is 5.75 Å². The number of anilines is 3. The van der Waals surface area contributed by atoms with E-state index in [1.807, 2.05) is 37.3 Å². The molecule has 1 aromatic carbocycles. The van der Waals surface area contributed by atoms with E-state index in [1.54, 1.807) is 25.7 Å². The van der Waals surface area contributed by atoms with Crippen molar-refractivity contribution in [2.24, 2.45) is 0 Å². The minimum absolute atomic E-state index is 0.440. The van der Waals surface area contributed by atoms with Crippen LogP contribution in [0, 0.1) is 6.92 Å². The molecule has 3 aromatic rings. The summed E-state index contributed by atoms with van der Waals surface area (Å²) >= 11 is 0. The lowest BCUT2D eigenvalue weighted by atomic mass is 10.2. The zero-order chi connectivity index (χ0) is 16.8. The smallest absolute Gasteiger partial charge is 0.244 e. The number of hydrogen-bond acceptors (Lipinski definition) is 7. The maximum atomic E-state index is 5.36. The molecule has 7 heteroatoms. The molecule has 0 aliphatic heterocycles. The van der Waals surface area contributed by atoms with Gasteiger partial charge < -0.3 is 15.4 Å². The number of aryl methyl sites for hydroxylation is 1. The highest BCUT2D eigenvalue weighted by Crippen LogP contribution is 2.27. The first-order valence-electron chi connectivity index (χ1n) is 7.49. The molecular weight excluding hydrogens is 304 g/mol. The van der Waals surface area contributed by atoms with E-state index in [1.165, 1.54) is 0 Å². The average molecular weight is 322 g/mol. The average Bonchev–Trinajstić information content (AvgIpc) is 2.61. The molecule has 0 unspecified atom stereocenters. The fourth-order valence-corrected chi connectivity index (χ4v) is 2.18. The van der Waals surface area contributed by atoms with Gasteiger partial charge in [-0.3, -0.25) is 4.98 Å². The van der Waals surface area contributed by atoms with E-state index in [0.717, 1.165) is 22.6 Å². The second kappa shape index (κ2) is 7.36. The number of nitrogens with one attached hydrogen (secondary N) is 2. The zero-order valence-corrected chi connectivity index (χ0v) is 13.5. The van der Waals surface area contributed by atoms with E-state index in [-0.39, 0.29) is 0 Å². The van der Waals surface area contributed by atoms with E-state index in [0.29, 0.717) is 18.3 Å². The molecule has 0 fully saturated rings. The van der Waals surface area contributed by atoms with Crippen molar-refractivity contribution in [3.8, 4) is 5.75 Å². The molecular formula is C17H18N6O. The predicted octanol–water partition coefficient (Wildman–Crippen LogP) is 2.94. The Morgan fingerprint density at radius 2 is 2.08 bits per heavy atom. The van der Waals surface area contributed by atoms with Gasteiger partial charge in [0.05, 0.1) is 19.0 Å². The van der Waals surface area contributed by atoms with Crippen molar-refractivity contribution in [3.63, 3.8) is 0 Å². The van der Waals surface area contributed by atoms with Crippen LogP contribution in [-0.4, -0.2) is 27.3 Å². The van der Waals surface area contributed by atoms with E-state index in [2.05, 4.69) is 30.8 Å². The van der Waals surface area contributed by atoms with Gasteiger partial charge in [-0.05, 0) is 36.2 Å². The number of rotatable bonds is 6. The molecule has 0 aliphatic rings. The molecule has 0 atom stereocenters. The second-order valence-corrected chi connectivity index (χ2v) is 5.21. The van der Waals surface area contributed by atoms with Gasteiger partial charge in [-0.25, -0.2) is 0 Å². The highest BCUT2D eigenvalue weighted by atomic mass is 16.5. The van der Waals surface area contributed by atoms with E-state index < -0.39 is 0 Å². The summed E-state index contributed by atoms with van der Waals surface area (Å²) < 4.78 is 5.36. The Morgan fingerprint density at radius 3 is 2.88 bits per heavy atom. The fourth-order valence-electron chi connectivity index (χ4n) is 2.18. The Morgan fingerprint density at radius 1 is 1.17 bits per heavy atom. The van der Waals surface area contributed by atoms with Crippen LogP contribution in [0.25, 0.3) is 0 Å². The Kier molecular flexibility index (Phi) is 4.81. The zero-order valence-electron chi connectivity index (χ0n) is 13.5. The predicted molar refractivity (Wildman–Crippen MR) is 92.4 cm³/mol. The minimum Gasteiger partial charge on any atom is -0.495 e. The van der Waals surface area contributed by atoms with Gasteiger partial charge >= 0.3 is 0 Å². The standard InChI is InChI=1S/C17H18N6O/c1-12-5-6-15(24-2)14(8-12)21-16-11-20-23-17(22-16)19-10-13-4-3-7-18-9-13/h3-9,11H,10H2,1-2H3,(H2,19,21,22,23). The molecule has 0 aliphatic carbocycles. The Labute approximate surface area is 140 Å². The molecule has 2 N–H and O–H groups in total. The second-order valence-electron chi connectivity index (χ2n) is 5.21. The first-order valence-corrected chi connectivity index (χ1v) is 7.49. The van der Waals surface area contributed by atoms with Gasteiger partial charge in [0, 0.05) is 18.9 Å². The molecule has 0 saturated carbocycles. The van der Waals surface area contributed by atoms with Crippen LogP contribution in [0.15, 0.2) is 48.9 Å². The monoisotopic (exact) mass is 322 g/mol. The van der Waals surface area contributed by atoms with Crippen LogP contribution >= 0.6 is 0 Å². The van der Waals surface area contributed by atoms with Gasteiger partial charge in [-0.1, -0.05) is 12.1 Å². The maximum absolute atomic E-state index is 5.36. The highest BCUT2D eigenvalue weighted by molar-refractivity contribution is 5.65. The Bertz CT molecular complexity index is 809.